The molecule has 2 aromatic carbocycles. The summed E-state index contributed by atoms with van der Waals surface area (Å²) in [7, 11) is 3.65. The number of nitrogens with one attached hydrogen (secondary N) is 1. The van der Waals surface area contributed by atoms with Crippen molar-refractivity contribution in [1.29, 1.82) is 0 Å². The highest BCUT2D eigenvalue weighted by atomic mass is 16.5. The molecule has 0 spiro atoms. The fourth-order valence-electron chi connectivity index (χ4n) is 3.88. The Hall–Kier alpha value is -2.90. The molecule has 0 radical (unpaired) electrons. The van der Waals surface area contributed by atoms with Crippen LogP contribution >= 0.6 is 0 Å². The average Bonchev–Trinajstić information content (AvgIpc) is 3.34. The Labute approximate surface area is 196 Å². The van der Waals surface area contributed by atoms with Crippen molar-refractivity contribution in [2.45, 2.75) is 31.9 Å². The molecule has 33 heavy (non-hydrogen) atoms. The lowest BCUT2D eigenvalue weighted by molar-refractivity contribution is -0.143. The molecule has 1 N–H and O–H groups in total. The van der Waals surface area contributed by atoms with E-state index in [-0.39, 0.29) is 24.3 Å². The van der Waals surface area contributed by atoms with Gasteiger partial charge in [0.05, 0.1) is 19.6 Å². The minimum atomic E-state index is -0.381. The quantitative estimate of drug-likeness (QED) is 0.500. The SMILES string of the molecule is CNCCOCCN(C)C(=O)C1CCCN1C(=O)Cc1ccc(OCc2ccccc2)cc1. The van der Waals surface area contributed by atoms with Crippen LogP contribution in [0.25, 0.3) is 0 Å². The fourth-order valence-corrected chi connectivity index (χ4v) is 3.88. The summed E-state index contributed by atoms with van der Waals surface area (Å²) >= 11 is 0. The van der Waals surface area contributed by atoms with Gasteiger partial charge in [-0.15, -0.1) is 0 Å². The third-order valence-electron chi connectivity index (χ3n) is 5.83. The van der Waals surface area contributed by atoms with Crippen LogP contribution in [0, 0.1) is 0 Å². The Morgan fingerprint density at radius 2 is 1.82 bits per heavy atom. The largest absolute Gasteiger partial charge is 0.489 e. The molecule has 7 heteroatoms. The highest BCUT2D eigenvalue weighted by Crippen LogP contribution is 2.21. The van der Waals surface area contributed by atoms with Gasteiger partial charge in [-0.25, -0.2) is 0 Å². The fraction of sp³-hybridized carbons (Fsp3) is 0.462. The number of ether oxygens (including phenoxy) is 2. The molecule has 1 heterocycles. The lowest BCUT2D eigenvalue weighted by atomic mass is 10.1. The summed E-state index contributed by atoms with van der Waals surface area (Å²) in [6.45, 7) is 3.53. The summed E-state index contributed by atoms with van der Waals surface area (Å²) in [6.07, 6.45) is 1.84. The molecule has 0 aromatic heterocycles. The van der Waals surface area contributed by atoms with Crippen molar-refractivity contribution >= 4 is 11.8 Å². The van der Waals surface area contributed by atoms with E-state index in [9.17, 15) is 9.59 Å². The second-order valence-electron chi connectivity index (χ2n) is 8.32. The number of nitrogens with zero attached hydrogens (tertiary/aromatic N) is 2. The number of hydrogen-bond acceptors (Lipinski definition) is 5. The molecule has 7 nitrogen and oxygen atoms in total. The molecule has 1 aliphatic heterocycles. The maximum absolute atomic E-state index is 13.0. The zero-order chi connectivity index (χ0) is 23.5. The molecule has 0 saturated carbocycles. The van der Waals surface area contributed by atoms with Crippen molar-refractivity contribution in [3.8, 4) is 5.75 Å². The van der Waals surface area contributed by atoms with Crippen molar-refractivity contribution in [1.82, 2.24) is 15.1 Å². The van der Waals surface area contributed by atoms with Gasteiger partial charge >= 0.3 is 0 Å². The van der Waals surface area contributed by atoms with E-state index < -0.39 is 0 Å². The van der Waals surface area contributed by atoms with E-state index in [0.717, 1.165) is 29.8 Å². The lowest BCUT2D eigenvalue weighted by Crippen LogP contribution is -2.47. The first-order valence-electron chi connectivity index (χ1n) is 11.6. The molecule has 2 aromatic rings. The second-order valence-corrected chi connectivity index (χ2v) is 8.32. The highest BCUT2D eigenvalue weighted by Gasteiger charge is 2.35. The van der Waals surface area contributed by atoms with Crippen LogP contribution in [0.1, 0.15) is 24.0 Å². The van der Waals surface area contributed by atoms with Crippen molar-refractivity contribution in [2.75, 3.05) is 46.9 Å². The Morgan fingerprint density at radius 3 is 2.55 bits per heavy atom. The van der Waals surface area contributed by atoms with Crippen LogP contribution in [0.3, 0.4) is 0 Å². The van der Waals surface area contributed by atoms with Crippen LogP contribution in [-0.4, -0.2) is 74.6 Å². The normalized spacial score (nSPS) is 15.5. The van der Waals surface area contributed by atoms with Gasteiger partial charge in [-0.05, 0) is 43.1 Å². The van der Waals surface area contributed by atoms with Crippen LogP contribution in [-0.2, 0) is 27.4 Å². The average molecular weight is 454 g/mol. The number of benzene rings is 2. The van der Waals surface area contributed by atoms with Gasteiger partial charge in [0.1, 0.15) is 18.4 Å². The zero-order valence-electron chi connectivity index (χ0n) is 19.7. The van der Waals surface area contributed by atoms with E-state index in [1.807, 2.05) is 61.6 Å². The maximum Gasteiger partial charge on any atom is 0.245 e. The van der Waals surface area contributed by atoms with E-state index in [4.69, 9.17) is 9.47 Å². The smallest absolute Gasteiger partial charge is 0.245 e. The monoisotopic (exact) mass is 453 g/mol. The first-order valence-corrected chi connectivity index (χ1v) is 11.6. The summed E-state index contributed by atoms with van der Waals surface area (Å²) in [5.74, 6) is 0.744. The van der Waals surface area contributed by atoms with Crippen molar-refractivity contribution < 1.29 is 19.1 Å². The van der Waals surface area contributed by atoms with Crippen molar-refractivity contribution in [3.05, 3.63) is 65.7 Å². The highest BCUT2D eigenvalue weighted by molar-refractivity contribution is 5.89. The Balaban J connectivity index is 1.47. The molecule has 1 unspecified atom stereocenters. The summed E-state index contributed by atoms with van der Waals surface area (Å²) in [4.78, 5) is 29.3. The molecule has 178 valence electrons. The summed E-state index contributed by atoms with van der Waals surface area (Å²) in [5.41, 5.74) is 2.02. The predicted molar refractivity (Wildman–Crippen MR) is 128 cm³/mol. The molecular formula is C26H35N3O4. The summed E-state index contributed by atoms with van der Waals surface area (Å²) in [5, 5.41) is 3.02. The van der Waals surface area contributed by atoms with Gasteiger partial charge in [-0.2, -0.15) is 0 Å². The maximum atomic E-state index is 13.0. The third-order valence-corrected chi connectivity index (χ3v) is 5.83. The molecule has 1 fully saturated rings. The second kappa shape index (κ2) is 13.0. The molecule has 0 aliphatic carbocycles. The Kier molecular flexibility index (Phi) is 9.72. The van der Waals surface area contributed by atoms with E-state index in [1.165, 1.54) is 0 Å². The van der Waals surface area contributed by atoms with Gasteiger partial charge in [0, 0.05) is 26.7 Å². The molecule has 2 amide bonds. The van der Waals surface area contributed by atoms with E-state index in [1.54, 1.807) is 16.8 Å². The van der Waals surface area contributed by atoms with Crippen molar-refractivity contribution in [3.63, 3.8) is 0 Å². The first kappa shape index (κ1) is 24.7. The van der Waals surface area contributed by atoms with Crippen molar-refractivity contribution in [2.24, 2.45) is 0 Å². The topological polar surface area (TPSA) is 71.1 Å². The Morgan fingerprint density at radius 1 is 1.06 bits per heavy atom. The summed E-state index contributed by atoms with van der Waals surface area (Å²) in [6, 6.07) is 17.2. The number of hydrogen-bond donors (Lipinski definition) is 1. The van der Waals surface area contributed by atoms with Crippen LogP contribution in [0.5, 0.6) is 5.75 Å². The number of carbonyl (C=O) groups is 2. The van der Waals surface area contributed by atoms with Gasteiger partial charge in [0.25, 0.3) is 0 Å². The van der Waals surface area contributed by atoms with Crippen LogP contribution in [0.15, 0.2) is 54.6 Å². The van der Waals surface area contributed by atoms with Gasteiger partial charge in [0.2, 0.25) is 11.8 Å². The zero-order valence-corrected chi connectivity index (χ0v) is 19.7. The van der Waals surface area contributed by atoms with Crippen LogP contribution in [0.4, 0.5) is 0 Å². The van der Waals surface area contributed by atoms with Gasteiger partial charge < -0.3 is 24.6 Å². The molecular weight excluding hydrogens is 418 g/mol. The van der Waals surface area contributed by atoms with Crippen LogP contribution < -0.4 is 10.1 Å². The third kappa shape index (κ3) is 7.58. The molecule has 1 atom stereocenters. The molecule has 3 rings (SSSR count). The lowest BCUT2D eigenvalue weighted by Gasteiger charge is -2.28. The standard InChI is InChI=1S/C26H35N3O4/c1-27-14-17-32-18-16-28(2)26(31)24-9-6-15-29(24)25(30)19-21-10-12-23(13-11-21)33-20-22-7-4-3-5-8-22/h3-5,7-8,10-13,24,27H,6,9,14-20H2,1-2H3. The summed E-state index contributed by atoms with van der Waals surface area (Å²) < 4.78 is 11.3. The van der Waals surface area contributed by atoms with E-state index in [0.29, 0.717) is 39.3 Å². The number of likely N-dealkylation sites (N-methyl/N-ethyl adjacent to an activating group) is 2. The minimum Gasteiger partial charge on any atom is -0.489 e. The number of rotatable bonds is 12. The van der Waals surface area contributed by atoms with Gasteiger partial charge in [0.15, 0.2) is 0 Å². The molecule has 1 saturated heterocycles. The van der Waals surface area contributed by atoms with Gasteiger partial charge in [-0.3, -0.25) is 9.59 Å². The van der Waals surface area contributed by atoms with Gasteiger partial charge in [-0.1, -0.05) is 42.5 Å². The van der Waals surface area contributed by atoms with E-state index in [2.05, 4.69) is 5.32 Å². The number of amides is 2. The minimum absolute atomic E-state index is 0.0114. The van der Waals surface area contributed by atoms with Crippen LogP contribution in [0.2, 0.25) is 0 Å². The first-order chi connectivity index (χ1) is 16.1. The van der Waals surface area contributed by atoms with E-state index >= 15 is 0 Å². The molecule has 1 aliphatic rings. The Bertz CT molecular complexity index is 873. The molecule has 0 bridgehead atoms. The number of carbonyl (C=O) groups excluding carboxylic acids is 2. The number of likely N-dealkylation sites (tertiary alicyclic amines) is 1. The predicted octanol–water partition coefficient (Wildman–Crippen LogP) is 2.49.